The average molecular weight is 664 g/mol. The number of rotatable bonds is 3. The lowest BCUT2D eigenvalue weighted by atomic mass is 9.32. The lowest BCUT2D eigenvalue weighted by Crippen LogP contribution is -2.57. The number of nitrogens with zero attached hydrogens (tertiary/aromatic N) is 2. The van der Waals surface area contributed by atoms with Crippen molar-refractivity contribution in [2.75, 3.05) is 9.80 Å². The van der Waals surface area contributed by atoms with Crippen LogP contribution in [0.4, 0.5) is 22.7 Å². The molecule has 0 bridgehead atoms. The quantitative estimate of drug-likeness (QED) is 0.225. The molecule has 166 valence electrons. The Kier molecular flexibility index (Phi) is 5.99. The summed E-state index contributed by atoms with van der Waals surface area (Å²) in [6.07, 6.45) is 6.81. The molecule has 3 aliphatic heterocycles. The smallest absolute Gasteiger partial charge is 0.251 e. The number of allylic oxidation sites excluding steroid dienone is 5. The molecule has 3 heterocycles. The zero-order chi connectivity index (χ0) is 23.1. The van der Waals surface area contributed by atoms with Gasteiger partial charge >= 0.3 is 0 Å². The fraction of sp³-hybridized carbons (Fsp3) is 0.0345. The second kappa shape index (κ2) is 9.26. The number of benzene rings is 3. The van der Waals surface area contributed by atoms with E-state index in [4.69, 9.17) is 0 Å². The second-order valence-corrected chi connectivity index (χ2v) is 11.8. The molecule has 0 saturated carbocycles. The Labute approximate surface area is 221 Å². The van der Waals surface area contributed by atoms with Crippen LogP contribution in [-0.4, -0.2) is 15.2 Å². The summed E-state index contributed by atoms with van der Waals surface area (Å²) in [5.74, 6) is 0. The molecular formula is C29H23BI2N2. The lowest BCUT2D eigenvalue weighted by molar-refractivity contribution is 1.15. The molecule has 0 radical (unpaired) electrons. The summed E-state index contributed by atoms with van der Waals surface area (Å²) < 4.78 is 11.5. The highest BCUT2D eigenvalue weighted by molar-refractivity contribution is 14.2. The van der Waals surface area contributed by atoms with E-state index in [0.29, 0.717) is 0 Å². The van der Waals surface area contributed by atoms with Gasteiger partial charge in [0.2, 0.25) is 0 Å². The van der Waals surface area contributed by atoms with Gasteiger partial charge in [0.15, 0.2) is 0 Å². The minimum atomic E-state index is -0.275. The van der Waals surface area contributed by atoms with Crippen LogP contribution in [-0.2, 0) is 0 Å². The van der Waals surface area contributed by atoms with Crippen molar-refractivity contribution in [2.24, 2.45) is 0 Å². The van der Waals surface area contributed by atoms with Crippen LogP contribution in [0, 0.1) is 0 Å². The van der Waals surface area contributed by atoms with Crippen LogP contribution in [0.2, 0.25) is 0 Å². The zero-order valence-corrected chi connectivity index (χ0v) is 23.1. The molecule has 34 heavy (non-hydrogen) atoms. The van der Waals surface area contributed by atoms with Crippen LogP contribution in [0.3, 0.4) is 0 Å². The van der Waals surface area contributed by atoms with E-state index >= 15 is 0 Å². The highest BCUT2D eigenvalue weighted by Gasteiger charge is 2.44. The van der Waals surface area contributed by atoms with E-state index < -0.39 is 0 Å². The van der Waals surface area contributed by atoms with E-state index in [1.165, 1.54) is 50.5 Å². The van der Waals surface area contributed by atoms with Gasteiger partial charge in [0, 0.05) is 28.4 Å². The first-order valence-electron chi connectivity index (χ1n) is 11.3. The van der Waals surface area contributed by atoms with Crippen molar-refractivity contribution in [3.05, 3.63) is 116 Å². The Hall–Kier alpha value is -2.52. The van der Waals surface area contributed by atoms with Crippen molar-refractivity contribution in [3.63, 3.8) is 0 Å². The maximum atomic E-state index is 4.30. The number of fused-ring (bicyclic) bond motifs is 2. The first-order valence-corrected chi connectivity index (χ1v) is 16.5. The molecule has 0 aliphatic carbocycles. The Morgan fingerprint density at radius 2 is 1.62 bits per heavy atom. The number of hydrogen-bond donors (Lipinski definition) is 0. The first kappa shape index (κ1) is 22.0. The van der Waals surface area contributed by atoms with Crippen LogP contribution in [0.15, 0.2) is 116 Å². The summed E-state index contributed by atoms with van der Waals surface area (Å²) >= 11 is -0.343. The molecule has 6 rings (SSSR count). The molecule has 0 spiro atoms. The Balaban J connectivity index is 1.71. The molecule has 5 heteroatoms. The fourth-order valence-electron chi connectivity index (χ4n) is 5.25. The largest absolute Gasteiger partial charge is 0.311 e. The third-order valence-electron chi connectivity index (χ3n) is 6.52. The molecule has 0 saturated heterocycles. The predicted octanol–water partition coefficient (Wildman–Crippen LogP) is 6.81. The molecule has 3 aromatic carbocycles. The number of anilines is 4. The summed E-state index contributed by atoms with van der Waals surface area (Å²) in [7, 11) is 0. The first-order chi connectivity index (χ1) is 16.8. The molecule has 0 unspecified atom stereocenters. The Bertz CT molecular complexity index is 1450. The van der Waals surface area contributed by atoms with Gasteiger partial charge in [-0.05, 0) is 71.9 Å². The minimum absolute atomic E-state index is 0.0680. The lowest BCUT2D eigenvalue weighted by Gasteiger charge is -2.45. The van der Waals surface area contributed by atoms with E-state index in [1.807, 2.05) is 0 Å². The van der Waals surface area contributed by atoms with Crippen molar-refractivity contribution in [1.82, 2.24) is 0 Å². The van der Waals surface area contributed by atoms with Crippen LogP contribution in [0.5, 0.6) is 0 Å². The van der Waals surface area contributed by atoms with E-state index in [1.54, 1.807) is 0 Å². The maximum absolute atomic E-state index is 4.30. The monoisotopic (exact) mass is 664 g/mol. The van der Waals surface area contributed by atoms with Gasteiger partial charge in [-0.2, -0.15) is 0 Å². The van der Waals surface area contributed by atoms with Crippen molar-refractivity contribution in [1.29, 1.82) is 0 Å². The van der Waals surface area contributed by atoms with E-state index in [9.17, 15) is 0 Å². The van der Waals surface area contributed by atoms with Gasteiger partial charge in [0.05, 0.1) is 5.70 Å². The van der Waals surface area contributed by atoms with Crippen LogP contribution in [0.25, 0.3) is 0 Å². The van der Waals surface area contributed by atoms with E-state index in [2.05, 4.69) is 124 Å². The van der Waals surface area contributed by atoms with Crippen molar-refractivity contribution >= 4 is 90.4 Å². The van der Waals surface area contributed by atoms with Gasteiger partial charge in [0.25, 0.3) is 6.71 Å². The van der Waals surface area contributed by atoms with Crippen LogP contribution >= 0.6 is 41.5 Å². The normalized spacial score (nSPS) is 18.5. The van der Waals surface area contributed by atoms with E-state index in [0.717, 1.165) is 0 Å². The molecular weight excluding hydrogens is 641 g/mol. The van der Waals surface area contributed by atoms with Crippen molar-refractivity contribution in [3.8, 4) is 0 Å². The van der Waals surface area contributed by atoms with Gasteiger partial charge in [-0.3, -0.25) is 0 Å². The highest BCUT2D eigenvalue weighted by Crippen LogP contribution is 2.44. The molecule has 0 aromatic heterocycles. The Morgan fingerprint density at radius 3 is 2.35 bits per heavy atom. The second-order valence-electron chi connectivity index (χ2n) is 8.25. The molecule has 0 fully saturated rings. The maximum Gasteiger partial charge on any atom is 0.251 e. The van der Waals surface area contributed by atoms with Gasteiger partial charge in [-0.15, -0.1) is 0 Å². The summed E-state index contributed by atoms with van der Waals surface area (Å²) in [5, 5.41) is 0. The topological polar surface area (TPSA) is 6.48 Å². The van der Waals surface area contributed by atoms with Gasteiger partial charge in [-0.25, -0.2) is 0 Å². The molecule has 2 nitrogen and oxygen atoms in total. The Morgan fingerprint density at radius 1 is 0.882 bits per heavy atom. The standard InChI is InChI=1S/C29H23BI2N2/c1-3-23-28(20-31-2)34(22-13-10-18-32-19-22)27-17-9-16-26-29(27)30(23)24-14-7-8-15-25(24)33(26)21-11-5-4-6-12-21/h3-20H,2H2,1H3/b23-3+,28-20+. The van der Waals surface area contributed by atoms with Gasteiger partial charge < -0.3 is 9.80 Å². The average Bonchev–Trinajstić information content (AvgIpc) is 2.90. The van der Waals surface area contributed by atoms with E-state index in [-0.39, 0.29) is 48.2 Å². The number of para-hydroxylation sites is 2. The SMILES string of the molecule is C=I/C=C1\C(=C/C)B2c3ccccc3N(c3ccccc3)c3cccc(c32)N1C1=CC=CI=C1. The molecule has 0 atom stereocenters. The number of hydrogen-bond acceptors (Lipinski definition) is 2. The summed E-state index contributed by atoms with van der Waals surface area (Å²) in [5.41, 5.74) is 11.7. The van der Waals surface area contributed by atoms with Crippen molar-refractivity contribution < 1.29 is 0 Å². The third kappa shape index (κ3) is 3.43. The third-order valence-corrected chi connectivity index (χ3v) is 9.38. The predicted molar refractivity (Wildman–Crippen MR) is 169 cm³/mol. The minimum Gasteiger partial charge on any atom is -0.311 e. The summed E-state index contributed by atoms with van der Waals surface area (Å²) in [6, 6.07) is 26.5. The molecule has 0 amide bonds. The molecule has 3 aliphatic rings. The number of halogens is 2. The van der Waals surface area contributed by atoms with Crippen molar-refractivity contribution in [2.45, 2.75) is 6.92 Å². The molecule has 0 N–H and O–H groups in total. The fourth-order valence-corrected chi connectivity index (χ4v) is 7.81. The highest BCUT2D eigenvalue weighted by atomic mass is 127. The van der Waals surface area contributed by atoms with Crippen LogP contribution < -0.4 is 20.7 Å². The summed E-state index contributed by atoms with van der Waals surface area (Å²) in [6.45, 7) is 2.40. The summed E-state index contributed by atoms with van der Waals surface area (Å²) in [4.78, 5) is 4.93. The van der Waals surface area contributed by atoms with Gasteiger partial charge in [0.1, 0.15) is 0 Å². The molecule has 3 aromatic rings. The van der Waals surface area contributed by atoms with Gasteiger partial charge in [-0.1, -0.05) is 101 Å². The van der Waals surface area contributed by atoms with Crippen LogP contribution in [0.1, 0.15) is 6.92 Å². The zero-order valence-electron chi connectivity index (χ0n) is 18.8.